The Balaban J connectivity index is 1.73. The highest BCUT2D eigenvalue weighted by atomic mass is 16.6. The number of amides is 3. The monoisotopic (exact) mass is 395 g/mol. The van der Waals surface area contributed by atoms with Gasteiger partial charge in [0.25, 0.3) is 0 Å². The van der Waals surface area contributed by atoms with Crippen LogP contribution in [0.4, 0.5) is 21.0 Å². The van der Waals surface area contributed by atoms with Crippen LogP contribution in [0.3, 0.4) is 0 Å². The van der Waals surface area contributed by atoms with E-state index in [0.29, 0.717) is 31.9 Å². The van der Waals surface area contributed by atoms with Crippen LogP contribution >= 0.6 is 0 Å². The molecule has 0 saturated carbocycles. The minimum Gasteiger partial charge on any atom is -0.447 e. The predicted molar refractivity (Wildman–Crippen MR) is 116 cm³/mol. The number of carbonyl (C=O) groups excluding carboxylic acids is 2. The van der Waals surface area contributed by atoms with Crippen molar-refractivity contribution in [1.82, 2.24) is 4.90 Å². The SMILES string of the molecule is CCC(CN(CC)C(=O)Nc1cccc(N2CCOC2=O)c1C)c1ccccc1. The molecule has 154 valence electrons. The summed E-state index contributed by atoms with van der Waals surface area (Å²) in [5.74, 6) is 0.286. The van der Waals surface area contributed by atoms with Crippen molar-refractivity contribution in [2.75, 3.05) is 36.5 Å². The lowest BCUT2D eigenvalue weighted by Gasteiger charge is -2.27. The molecule has 6 heteroatoms. The van der Waals surface area contributed by atoms with Crippen LogP contribution in [0.1, 0.15) is 37.3 Å². The van der Waals surface area contributed by atoms with Crippen LogP contribution in [0, 0.1) is 6.92 Å². The Morgan fingerprint density at radius 1 is 1.17 bits per heavy atom. The normalized spacial score (nSPS) is 14.4. The van der Waals surface area contributed by atoms with Gasteiger partial charge in [-0.2, -0.15) is 0 Å². The molecule has 2 aromatic carbocycles. The highest BCUT2D eigenvalue weighted by Gasteiger charge is 2.26. The number of cyclic esters (lactones) is 1. The minimum absolute atomic E-state index is 0.133. The van der Waals surface area contributed by atoms with E-state index in [1.165, 1.54) is 5.56 Å². The molecule has 6 nitrogen and oxygen atoms in total. The number of ether oxygens (including phenoxy) is 1. The molecule has 0 aliphatic carbocycles. The Bertz CT molecular complexity index is 854. The first-order chi connectivity index (χ1) is 14.0. The maximum Gasteiger partial charge on any atom is 0.414 e. The number of carbonyl (C=O) groups is 2. The predicted octanol–water partition coefficient (Wildman–Crippen LogP) is 5.00. The number of rotatable bonds is 7. The van der Waals surface area contributed by atoms with Crippen LogP contribution in [0.5, 0.6) is 0 Å². The number of urea groups is 1. The minimum atomic E-state index is -0.347. The van der Waals surface area contributed by atoms with Crippen molar-refractivity contribution >= 4 is 23.5 Å². The van der Waals surface area contributed by atoms with E-state index < -0.39 is 0 Å². The molecular weight excluding hydrogens is 366 g/mol. The fourth-order valence-electron chi connectivity index (χ4n) is 3.67. The van der Waals surface area contributed by atoms with Gasteiger partial charge in [-0.15, -0.1) is 0 Å². The van der Waals surface area contributed by atoms with Gasteiger partial charge in [-0.05, 0) is 43.5 Å². The van der Waals surface area contributed by atoms with E-state index in [1.807, 2.05) is 55.1 Å². The van der Waals surface area contributed by atoms with Crippen molar-refractivity contribution in [1.29, 1.82) is 0 Å². The second-order valence-electron chi connectivity index (χ2n) is 7.20. The van der Waals surface area contributed by atoms with Crippen LogP contribution < -0.4 is 10.2 Å². The van der Waals surface area contributed by atoms with Crippen LogP contribution in [-0.4, -0.2) is 43.3 Å². The summed E-state index contributed by atoms with van der Waals surface area (Å²) >= 11 is 0. The maximum atomic E-state index is 13.0. The van der Waals surface area contributed by atoms with Gasteiger partial charge in [0.15, 0.2) is 0 Å². The fourth-order valence-corrected chi connectivity index (χ4v) is 3.67. The summed E-state index contributed by atoms with van der Waals surface area (Å²) in [6.07, 6.45) is 0.611. The van der Waals surface area contributed by atoms with Crippen molar-refractivity contribution in [3.05, 3.63) is 59.7 Å². The lowest BCUT2D eigenvalue weighted by Crippen LogP contribution is -2.38. The molecule has 3 rings (SSSR count). The standard InChI is InChI=1S/C23H29N3O3/c1-4-18(19-10-7-6-8-11-19)16-25(5-2)22(27)24-20-12-9-13-21(17(20)3)26-14-15-29-23(26)28/h6-13,18H,4-5,14-16H2,1-3H3,(H,24,27). The molecule has 0 spiro atoms. The van der Waals surface area contributed by atoms with Crippen molar-refractivity contribution < 1.29 is 14.3 Å². The summed E-state index contributed by atoms with van der Waals surface area (Å²) in [7, 11) is 0. The average molecular weight is 396 g/mol. The van der Waals surface area contributed by atoms with Crippen LogP contribution in [0.15, 0.2) is 48.5 Å². The Kier molecular flexibility index (Phi) is 6.75. The number of likely N-dealkylation sites (N-methyl/N-ethyl adjacent to an activating group) is 1. The van der Waals surface area contributed by atoms with Gasteiger partial charge in [-0.1, -0.05) is 43.3 Å². The molecule has 1 saturated heterocycles. The molecule has 1 aliphatic rings. The average Bonchev–Trinajstić information content (AvgIpc) is 3.16. The number of hydrogen-bond donors (Lipinski definition) is 1. The zero-order chi connectivity index (χ0) is 20.8. The lowest BCUT2D eigenvalue weighted by molar-refractivity contribution is 0.181. The second kappa shape index (κ2) is 9.45. The first kappa shape index (κ1) is 20.7. The first-order valence-electron chi connectivity index (χ1n) is 10.2. The van der Waals surface area contributed by atoms with E-state index >= 15 is 0 Å². The third-order valence-corrected chi connectivity index (χ3v) is 5.47. The van der Waals surface area contributed by atoms with Crippen molar-refractivity contribution in [2.45, 2.75) is 33.1 Å². The van der Waals surface area contributed by atoms with Crippen LogP contribution in [0.2, 0.25) is 0 Å². The smallest absolute Gasteiger partial charge is 0.414 e. The number of anilines is 2. The summed E-state index contributed by atoms with van der Waals surface area (Å²) in [6.45, 7) is 8.22. The number of nitrogens with one attached hydrogen (secondary N) is 1. The van der Waals surface area contributed by atoms with Crippen molar-refractivity contribution in [3.8, 4) is 0 Å². The van der Waals surface area contributed by atoms with E-state index in [0.717, 1.165) is 17.7 Å². The van der Waals surface area contributed by atoms with E-state index in [4.69, 9.17) is 4.74 Å². The van der Waals surface area contributed by atoms with Gasteiger partial charge in [-0.3, -0.25) is 4.90 Å². The van der Waals surface area contributed by atoms with Gasteiger partial charge in [0.1, 0.15) is 6.61 Å². The highest BCUT2D eigenvalue weighted by molar-refractivity contribution is 5.95. The highest BCUT2D eigenvalue weighted by Crippen LogP contribution is 2.29. The second-order valence-corrected chi connectivity index (χ2v) is 7.20. The quantitative estimate of drug-likeness (QED) is 0.718. The molecule has 1 unspecified atom stereocenters. The zero-order valence-corrected chi connectivity index (χ0v) is 17.4. The molecule has 29 heavy (non-hydrogen) atoms. The maximum absolute atomic E-state index is 13.0. The van der Waals surface area contributed by atoms with E-state index in [2.05, 4.69) is 24.4 Å². The first-order valence-corrected chi connectivity index (χ1v) is 10.2. The molecule has 2 aromatic rings. The molecule has 1 atom stereocenters. The molecule has 1 fully saturated rings. The topological polar surface area (TPSA) is 61.9 Å². The number of benzene rings is 2. The zero-order valence-electron chi connectivity index (χ0n) is 17.4. The number of hydrogen-bond acceptors (Lipinski definition) is 3. The van der Waals surface area contributed by atoms with Crippen LogP contribution in [0.25, 0.3) is 0 Å². The largest absolute Gasteiger partial charge is 0.447 e. The summed E-state index contributed by atoms with van der Waals surface area (Å²) in [5.41, 5.74) is 3.57. The van der Waals surface area contributed by atoms with Gasteiger partial charge in [0.05, 0.1) is 12.2 Å². The van der Waals surface area contributed by atoms with Gasteiger partial charge in [-0.25, -0.2) is 9.59 Å². The molecule has 1 aliphatic heterocycles. The van der Waals surface area contributed by atoms with Gasteiger partial charge in [0.2, 0.25) is 0 Å². The summed E-state index contributed by atoms with van der Waals surface area (Å²) in [5, 5.41) is 3.03. The third-order valence-electron chi connectivity index (χ3n) is 5.47. The van der Waals surface area contributed by atoms with E-state index in [1.54, 1.807) is 4.90 Å². The molecule has 1 N–H and O–H groups in total. The molecule has 1 heterocycles. The Morgan fingerprint density at radius 2 is 1.93 bits per heavy atom. The fraction of sp³-hybridized carbons (Fsp3) is 0.391. The Labute approximate surface area is 172 Å². The summed E-state index contributed by atoms with van der Waals surface area (Å²) in [4.78, 5) is 28.3. The van der Waals surface area contributed by atoms with Gasteiger partial charge >= 0.3 is 12.1 Å². The molecule has 3 amide bonds. The van der Waals surface area contributed by atoms with Gasteiger partial charge < -0.3 is 15.0 Å². The Morgan fingerprint density at radius 3 is 2.55 bits per heavy atom. The summed E-state index contributed by atoms with van der Waals surface area (Å²) in [6, 6.07) is 15.7. The lowest BCUT2D eigenvalue weighted by atomic mass is 9.96. The molecular formula is C23H29N3O3. The van der Waals surface area contributed by atoms with Crippen molar-refractivity contribution in [2.24, 2.45) is 0 Å². The molecule has 0 radical (unpaired) electrons. The number of nitrogens with zero attached hydrogens (tertiary/aromatic N) is 2. The molecule has 0 bridgehead atoms. The van der Waals surface area contributed by atoms with Gasteiger partial charge in [0, 0.05) is 24.7 Å². The van der Waals surface area contributed by atoms with E-state index in [9.17, 15) is 9.59 Å². The van der Waals surface area contributed by atoms with Crippen molar-refractivity contribution in [3.63, 3.8) is 0 Å². The summed E-state index contributed by atoms with van der Waals surface area (Å²) < 4.78 is 5.04. The van der Waals surface area contributed by atoms with Crippen LogP contribution in [-0.2, 0) is 4.74 Å². The molecule has 0 aromatic heterocycles. The third kappa shape index (κ3) is 4.70. The Hall–Kier alpha value is -3.02. The van der Waals surface area contributed by atoms with E-state index in [-0.39, 0.29) is 18.0 Å².